The summed E-state index contributed by atoms with van der Waals surface area (Å²) in [5.41, 5.74) is 0.505. The normalized spacial score (nSPS) is 17.8. The Hall–Kier alpha value is -2.62. The standard InChI is InChI=1S/C17H22N2O7S/c1-3-25-17(22)18-13-6-4-5-12(9-13)16(21)26-10-15(20)19(2)14-7-8-27(23,24)11-14/h4-6,9,14H,3,7-8,10-11H2,1-2H3,(H,18,22)/t14-/m1/s1. The molecular formula is C17H22N2O7S. The number of likely N-dealkylation sites (N-methyl/N-ethyl adjacent to an activating group) is 1. The van der Waals surface area contributed by atoms with E-state index in [0.29, 0.717) is 12.1 Å². The molecule has 1 N–H and O–H groups in total. The summed E-state index contributed by atoms with van der Waals surface area (Å²) in [4.78, 5) is 37.0. The fourth-order valence-corrected chi connectivity index (χ4v) is 4.38. The predicted molar refractivity (Wildman–Crippen MR) is 97.2 cm³/mol. The van der Waals surface area contributed by atoms with Gasteiger partial charge >= 0.3 is 12.1 Å². The highest BCUT2D eigenvalue weighted by Gasteiger charge is 2.32. The number of hydrogen-bond donors (Lipinski definition) is 1. The first kappa shape index (κ1) is 20.7. The second-order valence-electron chi connectivity index (χ2n) is 6.06. The molecule has 0 bridgehead atoms. The molecule has 0 saturated carbocycles. The number of carbonyl (C=O) groups is 3. The van der Waals surface area contributed by atoms with E-state index >= 15 is 0 Å². The van der Waals surface area contributed by atoms with Crippen molar-refractivity contribution in [3.63, 3.8) is 0 Å². The van der Waals surface area contributed by atoms with E-state index in [4.69, 9.17) is 9.47 Å². The van der Waals surface area contributed by atoms with Gasteiger partial charge in [-0.05, 0) is 31.5 Å². The molecule has 1 saturated heterocycles. The molecule has 2 amide bonds. The third-order valence-corrected chi connectivity index (χ3v) is 5.85. The summed E-state index contributed by atoms with van der Waals surface area (Å²) in [7, 11) is -1.62. The molecular weight excluding hydrogens is 376 g/mol. The van der Waals surface area contributed by atoms with Crippen LogP contribution in [-0.2, 0) is 24.1 Å². The minimum atomic E-state index is -3.11. The number of sulfone groups is 1. The molecule has 0 aliphatic carbocycles. The van der Waals surface area contributed by atoms with Crippen LogP contribution in [0, 0.1) is 0 Å². The highest BCUT2D eigenvalue weighted by atomic mass is 32.2. The van der Waals surface area contributed by atoms with Crippen LogP contribution in [0.3, 0.4) is 0 Å². The van der Waals surface area contributed by atoms with Crippen LogP contribution in [0.15, 0.2) is 24.3 Å². The maximum absolute atomic E-state index is 12.1. The van der Waals surface area contributed by atoms with E-state index in [0.717, 1.165) is 0 Å². The first-order valence-corrected chi connectivity index (χ1v) is 10.2. The molecule has 9 nitrogen and oxygen atoms in total. The van der Waals surface area contributed by atoms with E-state index in [1.165, 1.54) is 24.1 Å². The number of rotatable bonds is 6. The lowest BCUT2D eigenvalue weighted by Gasteiger charge is -2.23. The van der Waals surface area contributed by atoms with Crippen LogP contribution in [0.4, 0.5) is 10.5 Å². The summed E-state index contributed by atoms with van der Waals surface area (Å²) in [6.45, 7) is 1.38. The Balaban J connectivity index is 1.89. The molecule has 27 heavy (non-hydrogen) atoms. The quantitative estimate of drug-likeness (QED) is 0.712. The predicted octanol–water partition coefficient (Wildman–Crippen LogP) is 1.06. The first-order chi connectivity index (χ1) is 12.7. The van der Waals surface area contributed by atoms with Crippen molar-refractivity contribution in [2.75, 3.05) is 37.1 Å². The number of carbonyl (C=O) groups excluding carboxylic acids is 3. The molecule has 1 fully saturated rings. The SMILES string of the molecule is CCOC(=O)Nc1cccc(C(=O)OCC(=O)N(C)[C@@H]2CCS(=O)(=O)C2)c1. The highest BCUT2D eigenvalue weighted by molar-refractivity contribution is 7.91. The molecule has 1 aromatic rings. The number of anilines is 1. The average Bonchev–Trinajstić information content (AvgIpc) is 2.99. The second kappa shape index (κ2) is 8.85. The van der Waals surface area contributed by atoms with Gasteiger partial charge in [0.25, 0.3) is 5.91 Å². The van der Waals surface area contributed by atoms with Crippen molar-refractivity contribution in [1.82, 2.24) is 4.90 Å². The second-order valence-corrected chi connectivity index (χ2v) is 8.29. The van der Waals surface area contributed by atoms with E-state index < -0.39 is 40.5 Å². The van der Waals surface area contributed by atoms with Crippen molar-refractivity contribution in [2.24, 2.45) is 0 Å². The number of amides is 2. The maximum atomic E-state index is 12.1. The molecule has 10 heteroatoms. The zero-order valence-electron chi connectivity index (χ0n) is 15.1. The van der Waals surface area contributed by atoms with Gasteiger partial charge in [-0.2, -0.15) is 0 Å². The summed E-state index contributed by atoms with van der Waals surface area (Å²) in [5.74, 6) is -1.24. The van der Waals surface area contributed by atoms with Gasteiger partial charge in [0, 0.05) is 18.8 Å². The van der Waals surface area contributed by atoms with Gasteiger partial charge in [0.1, 0.15) is 0 Å². The summed E-state index contributed by atoms with van der Waals surface area (Å²) < 4.78 is 32.8. The zero-order chi connectivity index (χ0) is 20.0. The van der Waals surface area contributed by atoms with Gasteiger partial charge in [-0.3, -0.25) is 10.1 Å². The maximum Gasteiger partial charge on any atom is 0.411 e. The zero-order valence-corrected chi connectivity index (χ0v) is 16.0. The minimum absolute atomic E-state index is 0.0509. The molecule has 1 atom stereocenters. The Morgan fingerprint density at radius 2 is 2.00 bits per heavy atom. The fraction of sp³-hybridized carbons (Fsp3) is 0.471. The molecule has 1 aliphatic rings. The molecule has 1 aromatic carbocycles. The molecule has 2 rings (SSSR count). The van der Waals surface area contributed by atoms with Crippen molar-refractivity contribution in [1.29, 1.82) is 0 Å². The van der Waals surface area contributed by atoms with Crippen LogP contribution in [0.25, 0.3) is 0 Å². The van der Waals surface area contributed by atoms with Gasteiger partial charge in [-0.1, -0.05) is 6.07 Å². The molecule has 1 aliphatic heterocycles. The summed E-state index contributed by atoms with van der Waals surface area (Å²) in [6.07, 6.45) is -0.272. The Kier molecular flexibility index (Phi) is 6.78. The summed E-state index contributed by atoms with van der Waals surface area (Å²) in [5, 5.41) is 2.46. The minimum Gasteiger partial charge on any atom is -0.452 e. The number of benzene rings is 1. The van der Waals surface area contributed by atoms with Crippen molar-refractivity contribution in [2.45, 2.75) is 19.4 Å². The largest absolute Gasteiger partial charge is 0.452 e. The van der Waals surface area contributed by atoms with E-state index in [1.54, 1.807) is 19.1 Å². The van der Waals surface area contributed by atoms with Gasteiger partial charge in [-0.25, -0.2) is 18.0 Å². The van der Waals surface area contributed by atoms with E-state index in [9.17, 15) is 22.8 Å². The van der Waals surface area contributed by atoms with Crippen molar-refractivity contribution < 1.29 is 32.3 Å². The van der Waals surface area contributed by atoms with E-state index in [-0.39, 0.29) is 23.7 Å². The molecule has 0 unspecified atom stereocenters. The van der Waals surface area contributed by atoms with Crippen molar-refractivity contribution in [3.05, 3.63) is 29.8 Å². The molecule has 0 radical (unpaired) electrons. The Bertz CT molecular complexity index is 822. The van der Waals surface area contributed by atoms with Crippen molar-refractivity contribution in [3.8, 4) is 0 Å². The van der Waals surface area contributed by atoms with Crippen LogP contribution in [0.1, 0.15) is 23.7 Å². The summed E-state index contributed by atoms with van der Waals surface area (Å²) >= 11 is 0. The molecule has 148 valence electrons. The monoisotopic (exact) mass is 398 g/mol. The van der Waals surface area contributed by atoms with Gasteiger partial charge in [0.15, 0.2) is 16.4 Å². The number of hydrogen-bond acceptors (Lipinski definition) is 7. The smallest absolute Gasteiger partial charge is 0.411 e. The molecule has 0 spiro atoms. The Labute approximate surface area is 157 Å². The highest BCUT2D eigenvalue weighted by Crippen LogP contribution is 2.17. The van der Waals surface area contributed by atoms with Crippen LogP contribution >= 0.6 is 0 Å². The Morgan fingerprint density at radius 1 is 1.26 bits per heavy atom. The van der Waals surface area contributed by atoms with Crippen LogP contribution in [-0.4, -0.2) is 69.1 Å². The lowest BCUT2D eigenvalue weighted by atomic mass is 10.2. The molecule has 0 aromatic heterocycles. The Morgan fingerprint density at radius 3 is 2.63 bits per heavy atom. The third-order valence-electron chi connectivity index (χ3n) is 4.10. The van der Waals surface area contributed by atoms with Gasteiger partial charge < -0.3 is 14.4 Å². The van der Waals surface area contributed by atoms with Crippen LogP contribution in [0.5, 0.6) is 0 Å². The first-order valence-electron chi connectivity index (χ1n) is 8.39. The van der Waals surface area contributed by atoms with Gasteiger partial charge in [0.05, 0.1) is 23.7 Å². The average molecular weight is 398 g/mol. The van der Waals surface area contributed by atoms with E-state index in [1.807, 2.05) is 0 Å². The van der Waals surface area contributed by atoms with Gasteiger partial charge in [-0.15, -0.1) is 0 Å². The van der Waals surface area contributed by atoms with Crippen LogP contribution in [0.2, 0.25) is 0 Å². The molecule has 1 heterocycles. The topological polar surface area (TPSA) is 119 Å². The number of nitrogens with one attached hydrogen (secondary N) is 1. The van der Waals surface area contributed by atoms with Gasteiger partial charge in [0.2, 0.25) is 0 Å². The van der Waals surface area contributed by atoms with Crippen molar-refractivity contribution >= 4 is 33.5 Å². The number of esters is 1. The third kappa shape index (κ3) is 5.95. The van der Waals surface area contributed by atoms with E-state index in [2.05, 4.69) is 5.32 Å². The lowest BCUT2D eigenvalue weighted by Crippen LogP contribution is -2.40. The summed E-state index contributed by atoms with van der Waals surface area (Å²) in [6, 6.07) is 5.61. The van der Waals surface area contributed by atoms with Crippen LogP contribution < -0.4 is 5.32 Å². The lowest BCUT2D eigenvalue weighted by molar-refractivity contribution is -0.134. The number of nitrogens with zero attached hydrogens (tertiary/aromatic N) is 1. The fourth-order valence-electron chi connectivity index (χ4n) is 2.61. The number of ether oxygens (including phenoxy) is 2.